The highest BCUT2D eigenvalue weighted by atomic mass is 16.3. The first-order valence-corrected chi connectivity index (χ1v) is 4.92. The number of carbonyl (C=O) groups excluding carboxylic acids is 1. The lowest BCUT2D eigenvalue weighted by Gasteiger charge is -2.17. The number of hydrogen-bond acceptors (Lipinski definition) is 2. The number of benzene rings is 1. The van der Waals surface area contributed by atoms with Gasteiger partial charge in [0, 0.05) is 12.3 Å². The van der Waals surface area contributed by atoms with Crippen LogP contribution in [-0.4, -0.2) is 10.9 Å². The van der Waals surface area contributed by atoms with Crippen molar-refractivity contribution in [2.75, 3.05) is 0 Å². The van der Waals surface area contributed by atoms with Gasteiger partial charge in [-0.1, -0.05) is 44.2 Å². The van der Waals surface area contributed by atoms with E-state index in [1.807, 2.05) is 37.3 Å². The number of ketones is 1. The Kier molecular flexibility index (Phi) is 3.84. The molecular formula is C12H16O2. The van der Waals surface area contributed by atoms with Crippen LogP contribution in [0, 0.1) is 5.92 Å². The monoisotopic (exact) mass is 192 g/mol. The molecule has 1 aromatic rings. The van der Waals surface area contributed by atoms with Crippen LogP contribution >= 0.6 is 0 Å². The van der Waals surface area contributed by atoms with E-state index in [0.29, 0.717) is 6.42 Å². The Morgan fingerprint density at radius 3 is 2.43 bits per heavy atom. The second kappa shape index (κ2) is 4.91. The summed E-state index contributed by atoms with van der Waals surface area (Å²) >= 11 is 0. The van der Waals surface area contributed by atoms with Gasteiger partial charge in [-0.05, 0) is 5.56 Å². The van der Waals surface area contributed by atoms with E-state index in [1.54, 1.807) is 6.92 Å². The lowest BCUT2D eigenvalue weighted by atomic mass is 9.93. The summed E-state index contributed by atoms with van der Waals surface area (Å²) in [6.07, 6.45) is -0.200. The summed E-state index contributed by atoms with van der Waals surface area (Å²) in [6.45, 7) is 3.58. The third-order valence-electron chi connectivity index (χ3n) is 2.47. The van der Waals surface area contributed by atoms with Gasteiger partial charge in [-0.15, -0.1) is 0 Å². The highest BCUT2D eigenvalue weighted by Gasteiger charge is 2.21. The Hall–Kier alpha value is -1.15. The zero-order valence-electron chi connectivity index (χ0n) is 8.60. The van der Waals surface area contributed by atoms with Crippen LogP contribution in [-0.2, 0) is 4.79 Å². The molecule has 2 heteroatoms. The van der Waals surface area contributed by atoms with Crippen LogP contribution in [0.4, 0.5) is 0 Å². The Balaban J connectivity index is 2.75. The van der Waals surface area contributed by atoms with Crippen molar-refractivity contribution in [3.05, 3.63) is 35.9 Å². The van der Waals surface area contributed by atoms with E-state index in [-0.39, 0.29) is 11.7 Å². The van der Waals surface area contributed by atoms with E-state index in [9.17, 15) is 9.90 Å². The summed E-state index contributed by atoms with van der Waals surface area (Å²) in [5.41, 5.74) is 0.807. The molecule has 0 amide bonds. The maximum absolute atomic E-state index is 11.4. The second-order valence-corrected chi connectivity index (χ2v) is 3.46. The average molecular weight is 192 g/mol. The molecule has 0 aliphatic heterocycles. The maximum atomic E-state index is 11.4. The number of hydrogen-bond donors (Lipinski definition) is 1. The molecule has 0 fully saturated rings. The van der Waals surface area contributed by atoms with Gasteiger partial charge in [-0.2, -0.15) is 0 Å². The molecule has 2 nitrogen and oxygen atoms in total. The smallest absolute Gasteiger partial charge is 0.138 e. The van der Waals surface area contributed by atoms with Crippen LogP contribution in [0.15, 0.2) is 30.3 Å². The summed E-state index contributed by atoms with van der Waals surface area (Å²) < 4.78 is 0. The summed E-state index contributed by atoms with van der Waals surface area (Å²) in [7, 11) is 0. The predicted molar refractivity (Wildman–Crippen MR) is 55.9 cm³/mol. The summed E-state index contributed by atoms with van der Waals surface area (Å²) in [6, 6.07) is 9.29. The van der Waals surface area contributed by atoms with Gasteiger partial charge in [0.25, 0.3) is 0 Å². The molecule has 0 saturated carbocycles. The molecule has 0 unspecified atom stereocenters. The van der Waals surface area contributed by atoms with Crippen molar-refractivity contribution in [2.24, 2.45) is 5.92 Å². The van der Waals surface area contributed by atoms with Crippen LogP contribution in [0.2, 0.25) is 0 Å². The molecule has 0 spiro atoms. The Bertz CT molecular complexity index is 292. The zero-order chi connectivity index (χ0) is 10.6. The van der Waals surface area contributed by atoms with E-state index in [4.69, 9.17) is 0 Å². The van der Waals surface area contributed by atoms with Crippen LogP contribution in [0.3, 0.4) is 0 Å². The van der Waals surface area contributed by atoms with Crippen LogP contribution in [0.25, 0.3) is 0 Å². The normalized spacial score (nSPS) is 14.8. The minimum Gasteiger partial charge on any atom is -0.388 e. The van der Waals surface area contributed by atoms with Crippen molar-refractivity contribution in [1.82, 2.24) is 0 Å². The van der Waals surface area contributed by atoms with E-state index in [2.05, 4.69) is 0 Å². The van der Waals surface area contributed by atoms with Crippen molar-refractivity contribution in [3.8, 4) is 0 Å². The maximum Gasteiger partial charge on any atom is 0.138 e. The standard InChI is InChI=1S/C12H16O2/c1-3-11(13)9(2)12(14)10-7-5-4-6-8-10/h4-9,12,14H,3H2,1-2H3/t9-,12-/m1/s1. The van der Waals surface area contributed by atoms with Gasteiger partial charge in [0.1, 0.15) is 5.78 Å². The highest BCUT2D eigenvalue weighted by Crippen LogP contribution is 2.22. The number of aliphatic hydroxyl groups is 1. The second-order valence-electron chi connectivity index (χ2n) is 3.46. The number of rotatable bonds is 4. The number of aliphatic hydroxyl groups excluding tert-OH is 1. The molecular weight excluding hydrogens is 176 g/mol. The van der Waals surface area contributed by atoms with E-state index in [0.717, 1.165) is 5.56 Å². The van der Waals surface area contributed by atoms with E-state index < -0.39 is 6.10 Å². The van der Waals surface area contributed by atoms with Gasteiger partial charge in [0.05, 0.1) is 6.10 Å². The van der Waals surface area contributed by atoms with Crippen molar-refractivity contribution >= 4 is 5.78 Å². The van der Waals surface area contributed by atoms with Crippen molar-refractivity contribution in [2.45, 2.75) is 26.4 Å². The molecule has 0 bridgehead atoms. The highest BCUT2D eigenvalue weighted by molar-refractivity contribution is 5.81. The molecule has 14 heavy (non-hydrogen) atoms. The SMILES string of the molecule is CCC(=O)[C@@H](C)[C@@H](O)c1ccccc1. The molecule has 2 atom stereocenters. The molecule has 0 aromatic heterocycles. The van der Waals surface area contributed by atoms with Crippen molar-refractivity contribution in [3.63, 3.8) is 0 Å². The fourth-order valence-electron chi connectivity index (χ4n) is 1.44. The average Bonchev–Trinajstić information content (AvgIpc) is 2.27. The van der Waals surface area contributed by atoms with Gasteiger partial charge < -0.3 is 5.11 Å². The Labute approximate surface area is 84.6 Å². The molecule has 1 aromatic carbocycles. The fourth-order valence-corrected chi connectivity index (χ4v) is 1.44. The molecule has 0 aliphatic rings. The minimum atomic E-state index is -0.677. The number of Topliss-reactive ketones (excluding diaryl/α,β-unsaturated/α-hetero) is 1. The third-order valence-corrected chi connectivity index (χ3v) is 2.47. The zero-order valence-corrected chi connectivity index (χ0v) is 8.60. The lowest BCUT2D eigenvalue weighted by molar-refractivity contribution is -0.125. The number of carbonyl (C=O) groups is 1. The third kappa shape index (κ3) is 2.42. The largest absolute Gasteiger partial charge is 0.388 e. The molecule has 0 heterocycles. The van der Waals surface area contributed by atoms with Crippen LogP contribution in [0.5, 0.6) is 0 Å². The lowest BCUT2D eigenvalue weighted by Crippen LogP contribution is -2.18. The van der Waals surface area contributed by atoms with E-state index >= 15 is 0 Å². The first kappa shape index (κ1) is 10.9. The van der Waals surface area contributed by atoms with Gasteiger partial charge >= 0.3 is 0 Å². The predicted octanol–water partition coefficient (Wildman–Crippen LogP) is 2.34. The van der Waals surface area contributed by atoms with Crippen LogP contribution in [0.1, 0.15) is 31.9 Å². The fraction of sp³-hybridized carbons (Fsp3) is 0.417. The molecule has 0 saturated heterocycles. The molecule has 0 radical (unpaired) electrons. The Morgan fingerprint density at radius 2 is 1.93 bits per heavy atom. The Morgan fingerprint density at radius 1 is 1.36 bits per heavy atom. The first-order chi connectivity index (χ1) is 6.66. The van der Waals surface area contributed by atoms with Crippen molar-refractivity contribution in [1.29, 1.82) is 0 Å². The quantitative estimate of drug-likeness (QED) is 0.795. The molecule has 1 N–H and O–H groups in total. The van der Waals surface area contributed by atoms with Gasteiger partial charge in [0.15, 0.2) is 0 Å². The molecule has 0 aliphatic carbocycles. The van der Waals surface area contributed by atoms with Gasteiger partial charge in [0.2, 0.25) is 0 Å². The topological polar surface area (TPSA) is 37.3 Å². The summed E-state index contributed by atoms with van der Waals surface area (Å²) in [5.74, 6) is -0.219. The minimum absolute atomic E-state index is 0.0985. The van der Waals surface area contributed by atoms with Crippen molar-refractivity contribution < 1.29 is 9.90 Å². The molecule has 76 valence electrons. The molecule has 1 rings (SSSR count). The first-order valence-electron chi connectivity index (χ1n) is 4.92. The summed E-state index contributed by atoms with van der Waals surface area (Å²) in [5, 5.41) is 9.87. The van der Waals surface area contributed by atoms with Crippen LogP contribution < -0.4 is 0 Å². The van der Waals surface area contributed by atoms with E-state index in [1.165, 1.54) is 0 Å². The van der Waals surface area contributed by atoms with Gasteiger partial charge in [-0.25, -0.2) is 0 Å². The summed E-state index contributed by atoms with van der Waals surface area (Å²) in [4.78, 5) is 11.4. The van der Waals surface area contributed by atoms with Gasteiger partial charge in [-0.3, -0.25) is 4.79 Å².